The molecule has 0 heterocycles. The summed E-state index contributed by atoms with van der Waals surface area (Å²) in [7, 11) is 3.41. The Balaban J connectivity index is 2.15. The van der Waals surface area contributed by atoms with E-state index in [2.05, 4.69) is 13.0 Å². The zero-order valence-electron chi connectivity index (χ0n) is 14.7. The second kappa shape index (κ2) is 8.65. The monoisotopic (exact) mass is 326 g/mol. The molecule has 1 atom stereocenters. The molecule has 0 bridgehead atoms. The van der Waals surface area contributed by atoms with Crippen molar-refractivity contribution in [1.29, 1.82) is 0 Å². The van der Waals surface area contributed by atoms with Crippen LogP contribution in [0.1, 0.15) is 43.0 Å². The molecule has 2 rings (SSSR count). The molecule has 3 heteroatoms. The first-order valence-corrected chi connectivity index (χ1v) is 8.43. The lowest BCUT2D eigenvalue weighted by molar-refractivity contribution is 0.0109. The van der Waals surface area contributed by atoms with E-state index >= 15 is 0 Å². The van der Waals surface area contributed by atoms with E-state index in [-0.39, 0.29) is 11.4 Å². The van der Waals surface area contributed by atoms with E-state index in [0.29, 0.717) is 12.0 Å². The molecule has 3 nitrogen and oxygen atoms in total. The van der Waals surface area contributed by atoms with Gasteiger partial charge >= 0.3 is 0 Å². The lowest BCUT2D eigenvalue weighted by atomic mass is 9.86. The van der Waals surface area contributed by atoms with Gasteiger partial charge in [0.05, 0.1) is 12.7 Å². The van der Waals surface area contributed by atoms with Crippen LogP contribution >= 0.6 is 0 Å². The molecular formula is C21H26O3. The predicted octanol–water partition coefficient (Wildman–Crippen LogP) is 4.86. The molecule has 0 fully saturated rings. The van der Waals surface area contributed by atoms with E-state index in [9.17, 15) is 4.79 Å². The smallest absolute Gasteiger partial charge is 0.185 e. The molecule has 1 aromatic rings. The van der Waals surface area contributed by atoms with Gasteiger partial charge in [-0.25, -0.2) is 0 Å². The molecule has 0 saturated carbocycles. The van der Waals surface area contributed by atoms with Crippen LogP contribution in [0.3, 0.4) is 0 Å². The first-order valence-electron chi connectivity index (χ1n) is 8.43. The first-order chi connectivity index (χ1) is 11.6. The number of ether oxygens (including phenoxy) is 2. The van der Waals surface area contributed by atoms with Crippen LogP contribution in [0.15, 0.2) is 66.0 Å². The summed E-state index contributed by atoms with van der Waals surface area (Å²) in [6.45, 7) is 2.17. The van der Waals surface area contributed by atoms with E-state index in [1.165, 1.54) is 0 Å². The molecule has 1 aliphatic carbocycles. The molecule has 1 aromatic carbocycles. The van der Waals surface area contributed by atoms with Crippen molar-refractivity contribution in [3.05, 3.63) is 71.5 Å². The molecule has 128 valence electrons. The summed E-state index contributed by atoms with van der Waals surface area (Å²) in [5.74, 6) is 0.842. The van der Waals surface area contributed by atoms with Gasteiger partial charge in [0.1, 0.15) is 5.76 Å². The van der Waals surface area contributed by atoms with Gasteiger partial charge in [-0.3, -0.25) is 4.79 Å². The summed E-state index contributed by atoms with van der Waals surface area (Å²) < 4.78 is 11.3. The lowest BCUT2D eigenvalue weighted by Gasteiger charge is -2.33. The molecule has 0 aromatic heterocycles. The van der Waals surface area contributed by atoms with Crippen molar-refractivity contribution in [2.24, 2.45) is 0 Å². The number of allylic oxidation sites excluding steroid dienone is 4. The van der Waals surface area contributed by atoms with E-state index in [0.717, 1.165) is 30.6 Å². The van der Waals surface area contributed by atoms with Crippen LogP contribution in [0.5, 0.6) is 0 Å². The number of carbonyl (C=O) groups excluding carboxylic acids is 1. The van der Waals surface area contributed by atoms with Gasteiger partial charge in [-0.1, -0.05) is 62.2 Å². The van der Waals surface area contributed by atoms with Crippen LogP contribution in [0.4, 0.5) is 0 Å². The third kappa shape index (κ3) is 4.45. The summed E-state index contributed by atoms with van der Waals surface area (Å²) >= 11 is 0. The minimum atomic E-state index is -0.303. The second-order valence-corrected chi connectivity index (χ2v) is 6.03. The molecule has 0 saturated heterocycles. The van der Waals surface area contributed by atoms with Gasteiger partial charge in [0.15, 0.2) is 5.78 Å². The molecular weight excluding hydrogens is 300 g/mol. The Morgan fingerprint density at radius 1 is 1.25 bits per heavy atom. The number of ketones is 1. The minimum absolute atomic E-state index is 0.0125. The molecule has 1 aliphatic rings. The van der Waals surface area contributed by atoms with Crippen molar-refractivity contribution in [3.63, 3.8) is 0 Å². The fourth-order valence-corrected chi connectivity index (χ4v) is 2.86. The van der Waals surface area contributed by atoms with Gasteiger partial charge in [0.25, 0.3) is 0 Å². The topological polar surface area (TPSA) is 35.5 Å². The van der Waals surface area contributed by atoms with Crippen LogP contribution in [-0.4, -0.2) is 25.6 Å². The summed E-state index contributed by atoms with van der Waals surface area (Å²) in [6, 6.07) is 9.26. The molecule has 1 unspecified atom stereocenters. The van der Waals surface area contributed by atoms with Crippen molar-refractivity contribution < 1.29 is 14.3 Å². The van der Waals surface area contributed by atoms with E-state index in [1.54, 1.807) is 20.3 Å². The van der Waals surface area contributed by atoms with Crippen LogP contribution < -0.4 is 0 Å². The number of rotatable bonds is 8. The fourth-order valence-electron chi connectivity index (χ4n) is 2.86. The average Bonchev–Trinajstić information content (AvgIpc) is 2.65. The maximum Gasteiger partial charge on any atom is 0.185 e. The molecule has 0 aliphatic heterocycles. The number of methoxy groups -OCH3 is 2. The predicted molar refractivity (Wildman–Crippen MR) is 97.0 cm³/mol. The number of hydrogen-bond donors (Lipinski definition) is 0. The summed E-state index contributed by atoms with van der Waals surface area (Å²) in [6.07, 6.45) is 11.4. The van der Waals surface area contributed by atoms with Crippen LogP contribution in [-0.2, 0) is 9.47 Å². The largest absolute Gasteiger partial charge is 0.500 e. The maximum atomic E-state index is 12.2. The maximum absolute atomic E-state index is 12.2. The molecule has 0 radical (unpaired) electrons. The first kappa shape index (κ1) is 18.2. The van der Waals surface area contributed by atoms with Crippen molar-refractivity contribution in [2.75, 3.05) is 14.2 Å². The van der Waals surface area contributed by atoms with Crippen LogP contribution in [0.25, 0.3) is 0 Å². The van der Waals surface area contributed by atoms with Gasteiger partial charge in [-0.15, -0.1) is 0 Å². The zero-order chi connectivity index (χ0) is 17.4. The summed E-state index contributed by atoms with van der Waals surface area (Å²) in [5, 5.41) is 0. The third-order valence-electron chi connectivity index (χ3n) is 4.43. The highest BCUT2D eigenvalue weighted by Crippen LogP contribution is 2.34. The van der Waals surface area contributed by atoms with Crippen molar-refractivity contribution in [2.45, 2.75) is 38.2 Å². The Morgan fingerprint density at radius 2 is 2.00 bits per heavy atom. The van der Waals surface area contributed by atoms with Gasteiger partial charge < -0.3 is 9.47 Å². The highest BCUT2D eigenvalue weighted by Gasteiger charge is 2.31. The average molecular weight is 326 g/mol. The minimum Gasteiger partial charge on any atom is -0.500 e. The Labute approximate surface area is 144 Å². The standard InChI is InChI=1S/C21H26O3/c1-4-5-14-21(24-3)15-13-18(20(16-21)23-2)11-12-19(22)17-9-7-6-8-10-17/h6-13,15H,4-5,14,16H2,1-3H3. The van der Waals surface area contributed by atoms with Crippen molar-refractivity contribution in [1.82, 2.24) is 0 Å². The fraction of sp³-hybridized carbons (Fsp3) is 0.381. The number of carbonyl (C=O) groups is 1. The number of hydrogen-bond acceptors (Lipinski definition) is 3. The quantitative estimate of drug-likeness (QED) is 0.505. The highest BCUT2D eigenvalue weighted by atomic mass is 16.5. The molecule has 0 spiro atoms. The molecule has 0 amide bonds. The van der Waals surface area contributed by atoms with Crippen molar-refractivity contribution >= 4 is 5.78 Å². The van der Waals surface area contributed by atoms with E-state index < -0.39 is 0 Å². The Morgan fingerprint density at radius 3 is 2.62 bits per heavy atom. The highest BCUT2D eigenvalue weighted by molar-refractivity contribution is 6.04. The van der Waals surface area contributed by atoms with Gasteiger partial charge in [-0.2, -0.15) is 0 Å². The van der Waals surface area contributed by atoms with Gasteiger partial charge in [0.2, 0.25) is 0 Å². The van der Waals surface area contributed by atoms with Crippen LogP contribution in [0, 0.1) is 0 Å². The molecule has 24 heavy (non-hydrogen) atoms. The molecule has 0 N–H and O–H groups in total. The van der Waals surface area contributed by atoms with E-state index in [4.69, 9.17) is 9.47 Å². The zero-order valence-corrected chi connectivity index (χ0v) is 14.7. The van der Waals surface area contributed by atoms with Gasteiger partial charge in [0, 0.05) is 24.7 Å². The SMILES string of the molecule is CCCCC1(OC)C=CC(C=CC(=O)c2ccccc2)=C(OC)C1. The normalized spacial score (nSPS) is 20.6. The van der Waals surface area contributed by atoms with E-state index in [1.807, 2.05) is 42.5 Å². The Kier molecular flexibility index (Phi) is 6.56. The number of benzene rings is 1. The third-order valence-corrected chi connectivity index (χ3v) is 4.43. The second-order valence-electron chi connectivity index (χ2n) is 6.03. The number of unbranched alkanes of at least 4 members (excludes halogenated alkanes) is 1. The summed E-state index contributed by atoms with van der Waals surface area (Å²) in [4.78, 5) is 12.2. The van der Waals surface area contributed by atoms with Crippen molar-refractivity contribution in [3.8, 4) is 0 Å². The van der Waals surface area contributed by atoms with Crippen LogP contribution in [0.2, 0.25) is 0 Å². The Bertz CT molecular complexity index is 640. The Hall–Kier alpha value is -2.13. The lowest BCUT2D eigenvalue weighted by Crippen LogP contribution is -2.32. The summed E-state index contributed by atoms with van der Waals surface area (Å²) in [5.41, 5.74) is 1.30. The van der Waals surface area contributed by atoms with Gasteiger partial charge in [-0.05, 0) is 18.6 Å².